The fourth-order valence-electron chi connectivity index (χ4n) is 1.38. The Labute approximate surface area is 108 Å². The molecular weight excluding hydrogens is 254 g/mol. The zero-order chi connectivity index (χ0) is 12.4. The lowest BCUT2D eigenvalue weighted by molar-refractivity contribution is -0.117. The van der Waals surface area contributed by atoms with Crippen LogP contribution < -0.4 is 5.32 Å². The second kappa shape index (κ2) is 4.93. The molecule has 0 aliphatic rings. The first-order chi connectivity index (χ1) is 8.06. The quantitative estimate of drug-likeness (QED) is 0.930. The van der Waals surface area contributed by atoms with E-state index in [1.807, 2.05) is 32.9 Å². The van der Waals surface area contributed by atoms with Gasteiger partial charge in [-0.2, -0.15) is 4.37 Å². The van der Waals surface area contributed by atoms with Crippen molar-refractivity contribution in [2.45, 2.75) is 26.7 Å². The van der Waals surface area contributed by atoms with E-state index < -0.39 is 0 Å². The first-order valence-corrected chi connectivity index (χ1v) is 6.83. The third-order valence-corrected chi connectivity index (χ3v) is 4.15. The van der Waals surface area contributed by atoms with Gasteiger partial charge in [0, 0.05) is 9.75 Å². The second-order valence-corrected chi connectivity index (χ2v) is 6.07. The molecule has 4 nitrogen and oxygen atoms in total. The highest BCUT2D eigenvalue weighted by Crippen LogP contribution is 2.25. The summed E-state index contributed by atoms with van der Waals surface area (Å²) in [4.78, 5) is 18.3. The molecule has 17 heavy (non-hydrogen) atoms. The molecule has 2 heterocycles. The van der Waals surface area contributed by atoms with Crippen LogP contribution in [0.1, 0.15) is 27.6 Å². The number of aromatic nitrogens is 2. The maximum atomic E-state index is 12.0. The third kappa shape index (κ3) is 2.89. The van der Waals surface area contributed by atoms with Gasteiger partial charge in [0.15, 0.2) is 0 Å². The molecule has 0 saturated heterocycles. The summed E-state index contributed by atoms with van der Waals surface area (Å²) in [7, 11) is 0. The number of hydrogen-bond donors (Lipinski definition) is 1. The van der Waals surface area contributed by atoms with Crippen LogP contribution in [0.5, 0.6) is 0 Å². The second-order valence-electron chi connectivity index (χ2n) is 3.80. The summed E-state index contributed by atoms with van der Waals surface area (Å²) < 4.78 is 4.04. The molecule has 1 atom stereocenters. The molecule has 90 valence electrons. The van der Waals surface area contributed by atoms with Gasteiger partial charge in [-0.05, 0) is 44.4 Å². The Morgan fingerprint density at radius 2 is 2.18 bits per heavy atom. The Morgan fingerprint density at radius 1 is 1.41 bits per heavy atom. The van der Waals surface area contributed by atoms with E-state index in [-0.39, 0.29) is 11.8 Å². The van der Waals surface area contributed by atoms with Gasteiger partial charge in [0.25, 0.3) is 0 Å². The van der Waals surface area contributed by atoms with Crippen LogP contribution in [0.25, 0.3) is 0 Å². The minimum absolute atomic E-state index is 0.0651. The highest BCUT2D eigenvalue weighted by molar-refractivity contribution is 7.12. The summed E-state index contributed by atoms with van der Waals surface area (Å²) in [6.07, 6.45) is 0. The van der Waals surface area contributed by atoms with Crippen LogP contribution in [0.2, 0.25) is 0 Å². The SMILES string of the molecule is Cc1ccc(C(C)C(=O)Nc2nsc(C)n2)s1. The highest BCUT2D eigenvalue weighted by Gasteiger charge is 2.18. The van der Waals surface area contributed by atoms with Gasteiger partial charge in [0.05, 0.1) is 5.92 Å². The lowest BCUT2D eigenvalue weighted by Crippen LogP contribution is -2.18. The molecular formula is C11H13N3OS2. The Kier molecular flexibility index (Phi) is 3.54. The van der Waals surface area contributed by atoms with E-state index in [1.54, 1.807) is 11.3 Å². The first kappa shape index (κ1) is 12.2. The summed E-state index contributed by atoms with van der Waals surface area (Å²) in [6, 6.07) is 4.01. The predicted molar refractivity (Wildman–Crippen MR) is 70.7 cm³/mol. The van der Waals surface area contributed by atoms with Gasteiger partial charge < -0.3 is 0 Å². The van der Waals surface area contributed by atoms with E-state index in [0.29, 0.717) is 5.95 Å². The number of nitrogens with zero attached hydrogens (tertiary/aromatic N) is 2. The number of nitrogens with one attached hydrogen (secondary N) is 1. The molecule has 0 saturated carbocycles. The summed E-state index contributed by atoms with van der Waals surface area (Å²) in [5.74, 6) is 0.166. The van der Waals surface area contributed by atoms with Gasteiger partial charge >= 0.3 is 0 Å². The summed E-state index contributed by atoms with van der Waals surface area (Å²) >= 11 is 2.93. The van der Waals surface area contributed by atoms with E-state index in [1.165, 1.54) is 16.4 Å². The van der Waals surface area contributed by atoms with Crippen molar-refractivity contribution in [2.75, 3.05) is 5.32 Å². The molecule has 2 rings (SSSR count). The van der Waals surface area contributed by atoms with E-state index in [2.05, 4.69) is 14.7 Å². The number of carbonyl (C=O) groups excluding carboxylic acids is 1. The number of thiophene rings is 1. The molecule has 0 aliphatic heterocycles. The predicted octanol–water partition coefficient (Wildman–Crippen LogP) is 2.96. The molecule has 1 unspecified atom stereocenters. The molecule has 0 aliphatic carbocycles. The van der Waals surface area contributed by atoms with Crippen molar-refractivity contribution in [3.05, 3.63) is 26.9 Å². The lowest BCUT2D eigenvalue weighted by Gasteiger charge is -2.07. The minimum Gasteiger partial charge on any atom is -0.293 e. The number of aryl methyl sites for hydroxylation is 2. The number of anilines is 1. The first-order valence-electron chi connectivity index (χ1n) is 5.24. The van der Waals surface area contributed by atoms with Crippen molar-refractivity contribution >= 4 is 34.7 Å². The number of hydrogen-bond acceptors (Lipinski definition) is 5. The third-order valence-electron chi connectivity index (χ3n) is 2.34. The van der Waals surface area contributed by atoms with Crippen LogP contribution in [0.3, 0.4) is 0 Å². The highest BCUT2D eigenvalue weighted by atomic mass is 32.1. The van der Waals surface area contributed by atoms with Crippen LogP contribution in [0, 0.1) is 13.8 Å². The minimum atomic E-state index is -0.169. The van der Waals surface area contributed by atoms with Gasteiger partial charge in [-0.1, -0.05) is 0 Å². The topological polar surface area (TPSA) is 54.9 Å². The molecule has 0 bridgehead atoms. The molecule has 6 heteroatoms. The Balaban J connectivity index is 2.05. The maximum absolute atomic E-state index is 12.0. The van der Waals surface area contributed by atoms with Gasteiger partial charge in [-0.25, -0.2) is 4.98 Å². The molecule has 0 spiro atoms. The van der Waals surface area contributed by atoms with Crippen LogP contribution in [0.4, 0.5) is 5.95 Å². The Morgan fingerprint density at radius 3 is 2.71 bits per heavy atom. The molecule has 1 N–H and O–H groups in total. The summed E-state index contributed by atoms with van der Waals surface area (Å²) in [5.41, 5.74) is 0. The monoisotopic (exact) mass is 267 g/mol. The molecule has 0 fully saturated rings. The van der Waals surface area contributed by atoms with Gasteiger partial charge in [-0.3, -0.25) is 10.1 Å². The molecule has 0 radical (unpaired) electrons. The standard InChI is InChI=1S/C11H13N3OS2/c1-6-4-5-9(16-6)7(2)10(15)13-11-12-8(3)17-14-11/h4-5,7H,1-3H3,(H,13,14,15). The fraction of sp³-hybridized carbons (Fsp3) is 0.364. The van der Waals surface area contributed by atoms with E-state index in [0.717, 1.165) is 9.88 Å². The van der Waals surface area contributed by atoms with E-state index in [9.17, 15) is 4.79 Å². The van der Waals surface area contributed by atoms with Crippen molar-refractivity contribution in [2.24, 2.45) is 0 Å². The number of rotatable bonds is 3. The average molecular weight is 267 g/mol. The zero-order valence-electron chi connectivity index (χ0n) is 9.85. The smallest absolute Gasteiger partial charge is 0.241 e. The lowest BCUT2D eigenvalue weighted by atomic mass is 10.1. The van der Waals surface area contributed by atoms with Crippen LogP contribution in [-0.2, 0) is 4.79 Å². The maximum Gasteiger partial charge on any atom is 0.241 e. The van der Waals surface area contributed by atoms with Crippen LogP contribution in [0.15, 0.2) is 12.1 Å². The van der Waals surface area contributed by atoms with Gasteiger partial charge in [-0.15, -0.1) is 11.3 Å². The van der Waals surface area contributed by atoms with Crippen molar-refractivity contribution < 1.29 is 4.79 Å². The molecule has 2 aromatic heterocycles. The Hall–Kier alpha value is -1.27. The van der Waals surface area contributed by atoms with Crippen molar-refractivity contribution in [3.8, 4) is 0 Å². The van der Waals surface area contributed by atoms with Crippen molar-refractivity contribution in [1.29, 1.82) is 0 Å². The molecule has 2 aromatic rings. The van der Waals surface area contributed by atoms with Crippen LogP contribution >= 0.6 is 22.9 Å². The largest absolute Gasteiger partial charge is 0.293 e. The zero-order valence-corrected chi connectivity index (χ0v) is 11.5. The number of carbonyl (C=O) groups is 1. The summed E-state index contributed by atoms with van der Waals surface area (Å²) in [5, 5.41) is 3.57. The van der Waals surface area contributed by atoms with Gasteiger partial charge in [0.1, 0.15) is 5.01 Å². The molecule has 0 aromatic carbocycles. The van der Waals surface area contributed by atoms with E-state index in [4.69, 9.17) is 0 Å². The normalized spacial score (nSPS) is 12.4. The van der Waals surface area contributed by atoms with Crippen LogP contribution in [-0.4, -0.2) is 15.3 Å². The fourth-order valence-corrected chi connectivity index (χ4v) is 2.74. The van der Waals surface area contributed by atoms with Crippen molar-refractivity contribution in [3.63, 3.8) is 0 Å². The summed E-state index contributed by atoms with van der Waals surface area (Å²) in [6.45, 7) is 5.78. The van der Waals surface area contributed by atoms with Gasteiger partial charge in [0.2, 0.25) is 11.9 Å². The number of amides is 1. The Bertz CT molecular complexity index is 532. The molecule has 1 amide bonds. The van der Waals surface area contributed by atoms with Crippen molar-refractivity contribution in [1.82, 2.24) is 9.36 Å². The van der Waals surface area contributed by atoms with E-state index >= 15 is 0 Å². The average Bonchev–Trinajstić information content (AvgIpc) is 2.87.